The number of ether oxygens (including phenoxy) is 2. The van der Waals surface area contributed by atoms with Gasteiger partial charge in [0, 0.05) is 19.0 Å². The van der Waals surface area contributed by atoms with Crippen LogP contribution in [0.4, 0.5) is 0 Å². The zero-order chi connectivity index (χ0) is 22.4. The minimum absolute atomic E-state index is 0.0499. The maximum Gasteiger partial charge on any atom is 0.243 e. The monoisotopic (exact) mass is 446 g/mol. The van der Waals surface area contributed by atoms with E-state index in [9.17, 15) is 13.2 Å². The molecule has 0 radical (unpaired) electrons. The molecule has 0 aliphatic carbocycles. The smallest absolute Gasteiger partial charge is 0.243 e. The van der Waals surface area contributed by atoms with E-state index in [0.29, 0.717) is 44.8 Å². The van der Waals surface area contributed by atoms with Gasteiger partial charge < -0.3 is 14.8 Å². The molecule has 2 aromatic carbocycles. The molecule has 0 aromatic heterocycles. The molecule has 1 fully saturated rings. The van der Waals surface area contributed by atoms with Gasteiger partial charge in [0.15, 0.2) is 0 Å². The number of amides is 1. The van der Waals surface area contributed by atoms with E-state index in [1.54, 1.807) is 24.3 Å². The number of methoxy groups -OCH3 is 1. The quantitative estimate of drug-likeness (QED) is 0.631. The van der Waals surface area contributed by atoms with Crippen molar-refractivity contribution >= 4 is 15.9 Å². The number of aryl methyl sites for hydroxylation is 2. The predicted octanol–water partition coefficient (Wildman–Crippen LogP) is 2.91. The molecule has 2 aromatic rings. The van der Waals surface area contributed by atoms with Gasteiger partial charge in [-0.1, -0.05) is 12.1 Å². The Morgan fingerprint density at radius 2 is 1.77 bits per heavy atom. The molecule has 1 aliphatic rings. The molecule has 0 atom stereocenters. The molecule has 7 nitrogen and oxygen atoms in total. The van der Waals surface area contributed by atoms with Crippen LogP contribution >= 0.6 is 0 Å². The van der Waals surface area contributed by atoms with Gasteiger partial charge in [0.2, 0.25) is 15.9 Å². The van der Waals surface area contributed by atoms with E-state index in [1.807, 2.05) is 32.0 Å². The number of hydrogen-bond donors (Lipinski definition) is 1. The molecular formula is C23H30N2O5S. The molecule has 1 heterocycles. The van der Waals surface area contributed by atoms with Crippen molar-refractivity contribution in [2.75, 3.05) is 33.4 Å². The molecule has 0 spiro atoms. The van der Waals surface area contributed by atoms with Crippen LogP contribution < -0.4 is 14.8 Å². The Labute approximate surface area is 184 Å². The lowest BCUT2D eigenvalue weighted by atomic mass is 9.97. The van der Waals surface area contributed by atoms with Crippen molar-refractivity contribution in [3.8, 4) is 11.5 Å². The van der Waals surface area contributed by atoms with Crippen molar-refractivity contribution in [2.45, 2.75) is 31.6 Å². The number of nitrogens with one attached hydrogen (secondary N) is 1. The second-order valence-electron chi connectivity index (χ2n) is 7.76. The standard InChI is InChI=1S/C23H30N2O5S/c1-17-4-5-18(2)22(16-17)30-15-12-24-23(26)19-10-13-25(14-11-19)31(27,28)21-8-6-20(29-3)7-9-21/h4-9,16,19H,10-15H2,1-3H3,(H,24,26). The Kier molecular flexibility index (Phi) is 7.56. The highest BCUT2D eigenvalue weighted by atomic mass is 32.2. The van der Waals surface area contributed by atoms with Crippen molar-refractivity contribution in [2.24, 2.45) is 5.92 Å². The van der Waals surface area contributed by atoms with Crippen molar-refractivity contribution < 1.29 is 22.7 Å². The Bertz CT molecular complexity index is 997. The summed E-state index contributed by atoms with van der Waals surface area (Å²) in [4.78, 5) is 12.7. The van der Waals surface area contributed by atoms with Crippen LogP contribution in [0.25, 0.3) is 0 Å². The lowest BCUT2D eigenvalue weighted by molar-refractivity contribution is -0.126. The van der Waals surface area contributed by atoms with Crippen LogP contribution in [0.5, 0.6) is 11.5 Å². The third-order valence-corrected chi connectivity index (χ3v) is 7.44. The SMILES string of the molecule is COc1ccc(S(=O)(=O)N2CCC(C(=O)NCCOc3cc(C)ccc3C)CC2)cc1. The fraction of sp³-hybridized carbons (Fsp3) is 0.435. The maximum atomic E-state index is 12.8. The van der Waals surface area contributed by atoms with Gasteiger partial charge in [-0.3, -0.25) is 4.79 Å². The Morgan fingerprint density at radius 3 is 2.42 bits per heavy atom. The highest BCUT2D eigenvalue weighted by molar-refractivity contribution is 7.89. The van der Waals surface area contributed by atoms with Crippen LogP contribution in [0.1, 0.15) is 24.0 Å². The molecule has 168 valence electrons. The number of hydrogen-bond acceptors (Lipinski definition) is 5. The molecule has 3 rings (SSSR count). The number of piperidine rings is 1. The van der Waals surface area contributed by atoms with Gasteiger partial charge in [0.1, 0.15) is 18.1 Å². The second-order valence-corrected chi connectivity index (χ2v) is 9.70. The summed E-state index contributed by atoms with van der Waals surface area (Å²) >= 11 is 0. The molecule has 1 N–H and O–H groups in total. The molecule has 31 heavy (non-hydrogen) atoms. The lowest BCUT2D eigenvalue weighted by Gasteiger charge is -2.30. The molecule has 1 saturated heterocycles. The highest BCUT2D eigenvalue weighted by Gasteiger charge is 2.32. The third-order valence-electron chi connectivity index (χ3n) is 5.52. The van der Waals surface area contributed by atoms with E-state index in [2.05, 4.69) is 5.32 Å². The summed E-state index contributed by atoms with van der Waals surface area (Å²) in [5.74, 6) is 1.19. The van der Waals surface area contributed by atoms with Crippen molar-refractivity contribution in [1.82, 2.24) is 9.62 Å². The van der Waals surface area contributed by atoms with Crippen molar-refractivity contribution in [3.05, 3.63) is 53.6 Å². The first kappa shape index (κ1) is 23.1. The average molecular weight is 447 g/mol. The first-order valence-corrected chi connectivity index (χ1v) is 11.9. The molecule has 0 unspecified atom stereocenters. The highest BCUT2D eigenvalue weighted by Crippen LogP contribution is 2.25. The molecule has 1 aliphatic heterocycles. The molecule has 0 saturated carbocycles. The molecular weight excluding hydrogens is 416 g/mol. The largest absolute Gasteiger partial charge is 0.497 e. The van der Waals surface area contributed by atoms with E-state index in [-0.39, 0.29) is 16.7 Å². The van der Waals surface area contributed by atoms with Crippen LogP contribution in [0.2, 0.25) is 0 Å². The zero-order valence-electron chi connectivity index (χ0n) is 18.3. The first-order valence-electron chi connectivity index (χ1n) is 10.4. The van der Waals surface area contributed by atoms with Crippen LogP contribution in [-0.4, -0.2) is 52.0 Å². The minimum Gasteiger partial charge on any atom is -0.497 e. The third kappa shape index (κ3) is 5.77. The maximum absolute atomic E-state index is 12.8. The van der Waals surface area contributed by atoms with E-state index >= 15 is 0 Å². The van der Waals surface area contributed by atoms with E-state index < -0.39 is 10.0 Å². The van der Waals surface area contributed by atoms with Gasteiger partial charge in [-0.05, 0) is 68.1 Å². The van der Waals surface area contributed by atoms with E-state index in [1.165, 1.54) is 11.4 Å². The van der Waals surface area contributed by atoms with Crippen LogP contribution in [0, 0.1) is 19.8 Å². The Balaban J connectivity index is 1.45. The van der Waals surface area contributed by atoms with E-state index in [0.717, 1.165) is 16.9 Å². The van der Waals surface area contributed by atoms with Gasteiger partial charge in [-0.25, -0.2) is 8.42 Å². The van der Waals surface area contributed by atoms with Gasteiger partial charge in [0.25, 0.3) is 0 Å². The number of nitrogens with zero attached hydrogens (tertiary/aromatic N) is 1. The number of benzene rings is 2. The number of sulfonamides is 1. The van der Waals surface area contributed by atoms with Gasteiger partial charge >= 0.3 is 0 Å². The Hall–Kier alpha value is -2.58. The molecule has 8 heteroatoms. The minimum atomic E-state index is -3.57. The summed E-state index contributed by atoms with van der Waals surface area (Å²) in [6.07, 6.45) is 0.998. The van der Waals surface area contributed by atoms with Crippen molar-refractivity contribution in [3.63, 3.8) is 0 Å². The van der Waals surface area contributed by atoms with Crippen LogP contribution in [-0.2, 0) is 14.8 Å². The van der Waals surface area contributed by atoms with Gasteiger partial charge in [-0.15, -0.1) is 0 Å². The fourth-order valence-corrected chi connectivity index (χ4v) is 5.07. The topological polar surface area (TPSA) is 84.9 Å². The van der Waals surface area contributed by atoms with Crippen molar-refractivity contribution in [1.29, 1.82) is 0 Å². The number of carbonyl (C=O) groups excluding carboxylic acids is 1. The summed E-state index contributed by atoms with van der Waals surface area (Å²) < 4.78 is 38.0. The van der Waals surface area contributed by atoms with Crippen LogP contribution in [0.15, 0.2) is 47.4 Å². The van der Waals surface area contributed by atoms with Gasteiger partial charge in [-0.2, -0.15) is 4.31 Å². The normalized spacial score (nSPS) is 15.5. The number of carbonyl (C=O) groups is 1. The lowest BCUT2D eigenvalue weighted by Crippen LogP contribution is -2.43. The summed E-state index contributed by atoms with van der Waals surface area (Å²) in [6, 6.07) is 12.4. The van der Waals surface area contributed by atoms with Gasteiger partial charge in [0.05, 0.1) is 18.6 Å². The van der Waals surface area contributed by atoms with E-state index in [4.69, 9.17) is 9.47 Å². The Morgan fingerprint density at radius 1 is 1.10 bits per heavy atom. The second kappa shape index (κ2) is 10.2. The molecule has 1 amide bonds. The zero-order valence-corrected chi connectivity index (χ0v) is 19.1. The fourth-order valence-electron chi connectivity index (χ4n) is 3.60. The summed E-state index contributed by atoms with van der Waals surface area (Å²) in [5, 5.41) is 2.91. The summed E-state index contributed by atoms with van der Waals surface area (Å²) in [6.45, 7) is 5.45. The molecule has 0 bridgehead atoms. The first-order chi connectivity index (χ1) is 14.8. The average Bonchev–Trinajstić information content (AvgIpc) is 2.78. The summed E-state index contributed by atoms with van der Waals surface area (Å²) in [7, 11) is -2.03. The summed E-state index contributed by atoms with van der Waals surface area (Å²) in [5.41, 5.74) is 2.18. The predicted molar refractivity (Wildman–Crippen MR) is 119 cm³/mol. The van der Waals surface area contributed by atoms with Crippen LogP contribution in [0.3, 0.4) is 0 Å². The number of rotatable bonds is 8.